The predicted octanol–water partition coefficient (Wildman–Crippen LogP) is -0.500. The summed E-state index contributed by atoms with van der Waals surface area (Å²) in [5.74, 6) is -0.292. The minimum absolute atomic E-state index is 0.0189. The lowest BCUT2D eigenvalue weighted by Crippen LogP contribution is -2.45. The number of hydroxylamine groups is 2. The van der Waals surface area contributed by atoms with Crippen LogP contribution in [0, 0.1) is 0 Å². The van der Waals surface area contributed by atoms with Crippen molar-refractivity contribution >= 4 is 15.9 Å². The Labute approximate surface area is 152 Å². The summed E-state index contributed by atoms with van der Waals surface area (Å²) < 4.78 is 37.2. The number of ether oxygens (including phenoxy) is 2. The zero-order valence-corrected chi connectivity index (χ0v) is 15.4. The molecule has 10 nitrogen and oxygen atoms in total. The Morgan fingerprint density at radius 1 is 1.27 bits per heavy atom. The average molecular weight is 389 g/mol. The van der Waals surface area contributed by atoms with Crippen LogP contribution in [0.25, 0.3) is 0 Å². The fourth-order valence-corrected chi connectivity index (χ4v) is 4.37. The van der Waals surface area contributed by atoms with Gasteiger partial charge in [-0.3, -0.25) is 10.0 Å². The van der Waals surface area contributed by atoms with Gasteiger partial charge in [-0.1, -0.05) is 0 Å². The predicted molar refractivity (Wildman–Crippen MR) is 90.0 cm³/mol. The van der Waals surface area contributed by atoms with Crippen LogP contribution in [0.3, 0.4) is 0 Å². The van der Waals surface area contributed by atoms with Crippen LogP contribution in [0.2, 0.25) is 0 Å². The summed E-state index contributed by atoms with van der Waals surface area (Å²) in [4.78, 5) is 16.7. The van der Waals surface area contributed by atoms with Crippen molar-refractivity contribution in [3.8, 4) is 5.75 Å². The molecule has 146 valence electrons. The smallest absolute Gasteiger partial charge is 0.261 e. The van der Waals surface area contributed by atoms with Gasteiger partial charge in [0.2, 0.25) is 10.0 Å². The molecule has 1 fully saturated rings. The Morgan fingerprint density at radius 2 is 1.96 bits per heavy atom. The van der Waals surface area contributed by atoms with Crippen molar-refractivity contribution in [1.82, 2.24) is 15.3 Å². The van der Waals surface area contributed by atoms with E-state index in [4.69, 9.17) is 19.5 Å². The summed E-state index contributed by atoms with van der Waals surface area (Å²) in [5, 5.41) is 8.91. The third-order valence-corrected chi connectivity index (χ3v) is 5.83. The Morgan fingerprint density at radius 3 is 2.54 bits per heavy atom. The number of nitrogens with one attached hydrogen (secondary N) is 2. The molecule has 1 heterocycles. The summed E-state index contributed by atoms with van der Waals surface area (Å²) in [6.07, 6.45) is 0.164. The van der Waals surface area contributed by atoms with Gasteiger partial charge < -0.3 is 14.3 Å². The number of nitrogens with zero attached hydrogens (tertiary/aromatic N) is 1. The summed E-state index contributed by atoms with van der Waals surface area (Å²) >= 11 is 0. The second-order valence-corrected chi connectivity index (χ2v) is 7.52. The molecule has 0 saturated carbocycles. The lowest BCUT2D eigenvalue weighted by Gasteiger charge is -2.22. The number of methoxy groups -OCH3 is 1. The maximum absolute atomic E-state index is 12.9. The van der Waals surface area contributed by atoms with E-state index >= 15 is 0 Å². The molecule has 0 aromatic heterocycles. The normalized spacial score (nSPS) is 20.9. The van der Waals surface area contributed by atoms with Gasteiger partial charge in [0.25, 0.3) is 5.91 Å². The third-order valence-electron chi connectivity index (χ3n) is 3.94. The molecule has 11 heteroatoms. The molecule has 0 radical (unpaired) electrons. The third kappa shape index (κ3) is 4.69. The van der Waals surface area contributed by atoms with Crippen LogP contribution in [0.4, 0.5) is 0 Å². The lowest BCUT2D eigenvalue weighted by atomic mass is 10.2. The monoisotopic (exact) mass is 389 g/mol. The molecule has 0 spiro atoms. The van der Waals surface area contributed by atoms with E-state index in [1.807, 2.05) is 0 Å². The van der Waals surface area contributed by atoms with Crippen molar-refractivity contribution in [3.05, 3.63) is 24.3 Å². The molecular weight excluding hydrogens is 366 g/mol. The van der Waals surface area contributed by atoms with Crippen LogP contribution in [0.5, 0.6) is 5.75 Å². The van der Waals surface area contributed by atoms with Crippen LogP contribution >= 0.6 is 0 Å². The molecule has 1 aromatic carbocycles. The van der Waals surface area contributed by atoms with E-state index < -0.39 is 22.0 Å². The largest absolute Gasteiger partial charge is 0.491 e. The fraction of sp³-hybridized carbons (Fsp3) is 0.533. The summed E-state index contributed by atoms with van der Waals surface area (Å²) in [6.45, 7) is 0.790. The first-order valence-corrected chi connectivity index (χ1v) is 9.34. The minimum atomic E-state index is -3.95. The molecule has 1 aromatic rings. The van der Waals surface area contributed by atoms with Crippen LogP contribution in [-0.4, -0.2) is 69.9 Å². The van der Waals surface area contributed by atoms with E-state index in [1.165, 1.54) is 36.9 Å². The first-order chi connectivity index (χ1) is 12.4. The Balaban J connectivity index is 2.19. The molecule has 26 heavy (non-hydrogen) atoms. The Kier molecular flexibility index (Phi) is 7.32. The second-order valence-electron chi connectivity index (χ2n) is 5.63. The second kappa shape index (κ2) is 9.26. The highest BCUT2D eigenvalue weighted by molar-refractivity contribution is 7.89. The Bertz CT molecular complexity index is 696. The molecular formula is C15H23N3O7S. The molecule has 0 unspecified atom stereocenters. The molecule has 2 rings (SSSR count). The minimum Gasteiger partial charge on any atom is -0.491 e. The number of benzene rings is 1. The maximum atomic E-state index is 12.9. The van der Waals surface area contributed by atoms with E-state index in [9.17, 15) is 13.2 Å². The molecule has 0 bridgehead atoms. The first-order valence-electron chi connectivity index (χ1n) is 7.90. The number of sulfonamides is 1. The molecule has 3 N–H and O–H groups in total. The van der Waals surface area contributed by atoms with Crippen LogP contribution < -0.4 is 15.7 Å². The average Bonchev–Trinajstić information content (AvgIpc) is 3.07. The highest BCUT2D eigenvalue weighted by atomic mass is 32.2. The number of amides is 1. The van der Waals surface area contributed by atoms with Crippen molar-refractivity contribution in [1.29, 1.82) is 0 Å². The van der Waals surface area contributed by atoms with Crippen LogP contribution in [-0.2, 0) is 24.4 Å². The molecule has 1 aliphatic rings. The van der Waals surface area contributed by atoms with Gasteiger partial charge >= 0.3 is 0 Å². The van der Waals surface area contributed by atoms with Gasteiger partial charge in [-0.05, 0) is 30.7 Å². The van der Waals surface area contributed by atoms with Gasteiger partial charge in [0, 0.05) is 19.7 Å². The number of rotatable bonds is 9. The van der Waals surface area contributed by atoms with Crippen molar-refractivity contribution in [2.24, 2.45) is 0 Å². The van der Waals surface area contributed by atoms with E-state index in [0.29, 0.717) is 19.0 Å². The van der Waals surface area contributed by atoms with Gasteiger partial charge in [0.1, 0.15) is 18.4 Å². The maximum Gasteiger partial charge on any atom is 0.261 e. The molecule has 1 aliphatic heterocycles. The number of hydrogen-bond acceptors (Lipinski definition) is 8. The summed E-state index contributed by atoms with van der Waals surface area (Å²) in [6, 6.07) is 4.45. The first kappa shape index (κ1) is 20.6. The van der Waals surface area contributed by atoms with Crippen LogP contribution in [0.1, 0.15) is 6.42 Å². The summed E-state index contributed by atoms with van der Waals surface area (Å²) in [7, 11) is -0.992. The SMILES string of the molecule is COCCOc1ccc(S(=O)(=O)N2C[C@H](NOC)C[C@@H]2C(=O)NO)cc1. The van der Waals surface area contributed by atoms with E-state index in [1.54, 1.807) is 7.11 Å². The fourth-order valence-electron chi connectivity index (χ4n) is 2.72. The van der Waals surface area contributed by atoms with E-state index in [-0.39, 0.29) is 23.9 Å². The van der Waals surface area contributed by atoms with E-state index in [2.05, 4.69) is 5.48 Å². The molecule has 1 saturated heterocycles. The number of carbonyl (C=O) groups excluding carboxylic acids is 1. The molecule has 1 amide bonds. The van der Waals surface area contributed by atoms with Crippen molar-refractivity contribution in [3.63, 3.8) is 0 Å². The number of carbonyl (C=O) groups is 1. The highest BCUT2D eigenvalue weighted by Gasteiger charge is 2.44. The topological polar surface area (TPSA) is 126 Å². The summed E-state index contributed by atoms with van der Waals surface area (Å²) in [5.41, 5.74) is 4.16. The Hall–Kier alpha value is -1.76. The van der Waals surface area contributed by atoms with Gasteiger partial charge in [-0.25, -0.2) is 13.9 Å². The van der Waals surface area contributed by atoms with Gasteiger partial charge in [0.05, 0.1) is 18.6 Å². The van der Waals surface area contributed by atoms with E-state index in [0.717, 1.165) is 4.31 Å². The highest BCUT2D eigenvalue weighted by Crippen LogP contribution is 2.27. The lowest BCUT2D eigenvalue weighted by molar-refractivity contribution is -0.132. The van der Waals surface area contributed by atoms with Gasteiger partial charge in [-0.15, -0.1) is 0 Å². The molecule has 2 atom stereocenters. The van der Waals surface area contributed by atoms with Gasteiger partial charge in [-0.2, -0.15) is 9.79 Å². The molecule has 0 aliphatic carbocycles. The quantitative estimate of drug-likeness (QED) is 0.293. The van der Waals surface area contributed by atoms with Crippen molar-refractivity contribution in [2.45, 2.75) is 23.4 Å². The van der Waals surface area contributed by atoms with Gasteiger partial charge in [0.15, 0.2) is 0 Å². The number of hydrogen-bond donors (Lipinski definition) is 3. The van der Waals surface area contributed by atoms with Crippen LogP contribution in [0.15, 0.2) is 29.2 Å². The standard InChI is InChI=1S/C15H23N3O7S/c1-23-7-8-25-12-3-5-13(6-4-12)26(21,22)18-10-11(17-24-2)9-14(18)15(19)16-20/h3-6,11,14,17,20H,7-10H2,1-2H3,(H,16,19)/t11-,14-/m1/s1. The van der Waals surface area contributed by atoms with Crippen molar-refractivity contribution in [2.75, 3.05) is 34.0 Å². The zero-order chi connectivity index (χ0) is 19.2. The zero-order valence-electron chi connectivity index (χ0n) is 14.5. The van der Waals surface area contributed by atoms with Crippen molar-refractivity contribution < 1.29 is 32.7 Å².